The zero-order chi connectivity index (χ0) is 17.8. The van der Waals surface area contributed by atoms with Crippen LogP contribution in [0.25, 0.3) is 11.3 Å². The molecule has 1 N–H and O–H groups in total. The number of hydrogen-bond acceptors (Lipinski definition) is 6. The topological polar surface area (TPSA) is 50.3 Å². The lowest BCUT2D eigenvalue weighted by Crippen LogP contribution is -2.35. The molecule has 0 bridgehead atoms. The van der Waals surface area contributed by atoms with Crippen molar-refractivity contribution in [1.82, 2.24) is 14.9 Å². The number of thiazole rings is 1. The van der Waals surface area contributed by atoms with E-state index in [-0.39, 0.29) is 0 Å². The molecular weight excluding hydrogens is 344 g/mol. The number of aromatic nitrogens is 2. The molecule has 134 valence electrons. The van der Waals surface area contributed by atoms with E-state index in [1.807, 2.05) is 24.5 Å². The third kappa shape index (κ3) is 4.09. The van der Waals surface area contributed by atoms with Crippen molar-refractivity contribution in [2.24, 2.45) is 0 Å². The summed E-state index contributed by atoms with van der Waals surface area (Å²) >= 11 is 1.72. The van der Waals surface area contributed by atoms with Crippen LogP contribution in [0.4, 0.5) is 10.8 Å². The van der Waals surface area contributed by atoms with Gasteiger partial charge in [0, 0.05) is 48.2 Å². The van der Waals surface area contributed by atoms with Crippen LogP contribution in [0.2, 0.25) is 0 Å². The van der Waals surface area contributed by atoms with Crippen molar-refractivity contribution in [2.45, 2.75) is 13.5 Å². The van der Waals surface area contributed by atoms with E-state index in [1.54, 1.807) is 11.3 Å². The molecule has 26 heavy (non-hydrogen) atoms. The first-order valence-corrected chi connectivity index (χ1v) is 9.63. The largest absolute Gasteiger partial charge is 0.379 e. The van der Waals surface area contributed by atoms with Gasteiger partial charge >= 0.3 is 0 Å². The standard InChI is InChI=1S/C20H22N4OS/c1-15-3-2-4-17(13-15)22-20-23-19(16-5-7-21-8-6-16)18(26-20)14-24-9-11-25-12-10-24/h2-8,13H,9-12,14H2,1H3,(H,22,23). The molecular formula is C20H22N4OS. The zero-order valence-corrected chi connectivity index (χ0v) is 15.6. The second kappa shape index (κ2) is 7.95. The van der Waals surface area contributed by atoms with Crippen LogP contribution in [0.1, 0.15) is 10.4 Å². The summed E-state index contributed by atoms with van der Waals surface area (Å²) in [5.41, 5.74) is 4.45. The summed E-state index contributed by atoms with van der Waals surface area (Å²) in [5, 5.41) is 4.38. The Bertz CT molecular complexity index is 859. The summed E-state index contributed by atoms with van der Waals surface area (Å²) < 4.78 is 5.47. The van der Waals surface area contributed by atoms with E-state index < -0.39 is 0 Å². The van der Waals surface area contributed by atoms with E-state index in [2.05, 4.69) is 46.4 Å². The van der Waals surface area contributed by atoms with Gasteiger partial charge in [-0.05, 0) is 36.8 Å². The number of benzene rings is 1. The number of pyridine rings is 1. The highest BCUT2D eigenvalue weighted by atomic mass is 32.1. The molecule has 4 rings (SSSR count). The van der Waals surface area contributed by atoms with Crippen LogP contribution in [-0.4, -0.2) is 41.2 Å². The Balaban J connectivity index is 1.63. The molecule has 0 aliphatic carbocycles. The maximum atomic E-state index is 5.47. The van der Waals surface area contributed by atoms with Gasteiger partial charge in [-0.2, -0.15) is 0 Å². The molecule has 0 unspecified atom stereocenters. The molecule has 3 heterocycles. The zero-order valence-electron chi connectivity index (χ0n) is 14.8. The van der Waals surface area contributed by atoms with Gasteiger partial charge in [0.05, 0.1) is 18.9 Å². The molecule has 1 aliphatic rings. The lowest BCUT2D eigenvalue weighted by Gasteiger charge is -2.26. The normalized spacial score (nSPS) is 15.1. The number of morpholine rings is 1. The van der Waals surface area contributed by atoms with Gasteiger partial charge in [0.25, 0.3) is 0 Å². The highest BCUT2D eigenvalue weighted by molar-refractivity contribution is 7.16. The van der Waals surface area contributed by atoms with Crippen LogP contribution in [0.15, 0.2) is 48.8 Å². The van der Waals surface area contributed by atoms with E-state index in [0.29, 0.717) is 0 Å². The van der Waals surface area contributed by atoms with E-state index in [9.17, 15) is 0 Å². The first-order valence-electron chi connectivity index (χ1n) is 8.82. The predicted octanol–water partition coefficient (Wildman–Crippen LogP) is 4.09. The number of nitrogens with one attached hydrogen (secondary N) is 1. The monoisotopic (exact) mass is 366 g/mol. The molecule has 2 aromatic heterocycles. The maximum Gasteiger partial charge on any atom is 0.188 e. The molecule has 0 amide bonds. The Morgan fingerprint density at radius 2 is 1.96 bits per heavy atom. The number of nitrogens with zero attached hydrogens (tertiary/aromatic N) is 3. The van der Waals surface area contributed by atoms with Gasteiger partial charge in [0.2, 0.25) is 0 Å². The first-order chi connectivity index (χ1) is 12.8. The van der Waals surface area contributed by atoms with Crippen molar-refractivity contribution in [1.29, 1.82) is 0 Å². The molecule has 1 fully saturated rings. The minimum atomic E-state index is 0.803. The number of hydrogen-bond donors (Lipinski definition) is 1. The van der Waals surface area contributed by atoms with Crippen molar-refractivity contribution in [2.75, 3.05) is 31.6 Å². The molecule has 1 saturated heterocycles. The Hall–Kier alpha value is -2.28. The average molecular weight is 366 g/mol. The highest BCUT2D eigenvalue weighted by Crippen LogP contribution is 2.33. The van der Waals surface area contributed by atoms with E-state index in [0.717, 1.165) is 54.9 Å². The number of aryl methyl sites for hydroxylation is 1. The van der Waals surface area contributed by atoms with Crippen LogP contribution >= 0.6 is 11.3 Å². The Morgan fingerprint density at radius 3 is 2.73 bits per heavy atom. The second-order valence-electron chi connectivity index (χ2n) is 6.41. The fourth-order valence-electron chi connectivity index (χ4n) is 3.06. The average Bonchev–Trinajstić information content (AvgIpc) is 3.05. The summed E-state index contributed by atoms with van der Waals surface area (Å²) in [7, 11) is 0. The van der Waals surface area contributed by atoms with Crippen LogP contribution in [0.5, 0.6) is 0 Å². The van der Waals surface area contributed by atoms with E-state index in [4.69, 9.17) is 9.72 Å². The highest BCUT2D eigenvalue weighted by Gasteiger charge is 2.18. The summed E-state index contributed by atoms with van der Waals surface area (Å²) in [6, 6.07) is 12.4. The molecule has 0 atom stereocenters. The molecule has 1 aromatic carbocycles. The summed E-state index contributed by atoms with van der Waals surface area (Å²) in [6.07, 6.45) is 3.64. The van der Waals surface area contributed by atoms with Crippen molar-refractivity contribution >= 4 is 22.2 Å². The first kappa shape index (κ1) is 17.1. The lowest BCUT2D eigenvalue weighted by atomic mass is 10.1. The van der Waals surface area contributed by atoms with Crippen LogP contribution in [0, 0.1) is 6.92 Å². The van der Waals surface area contributed by atoms with Crippen LogP contribution in [0.3, 0.4) is 0 Å². The molecule has 0 spiro atoms. The molecule has 6 heteroatoms. The molecule has 1 aliphatic heterocycles. The van der Waals surface area contributed by atoms with Gasteiger partial charge in [0.15, 0.2) is 5.13 Å². The smallest absolute Gasteiger partial charge is 0.188 e. The summed E-state index contributed by atoms with van der Waals surface area (Å²) in [6.45, 7) is 6.53. The van der Waals surface area contributed by atoms with E-state index >= 15 is 0 Å². The minimum absolute atomic E-state index is 0.803. The van der Waals surface area contributed by atoms with Gasteiger partial charge in [-0.15, -0.1) is 0 Å². The Kier molecular flexibility index (Phi) is 5.24. The predicted molar refractivity (Wildman–Crippen MR) is 106 cm³/mol. The fourth-order valence-corrected chi connectivity index (χ4v) is 4.10. The molecule has 3 aromatic rings. The van der Waals surface area contributed by atoms with Gasteiger partial charge in [-0.3, -0.25) is 9.88 Å². The molecule has 0 radical (unpaired) electrons. The lowest BCUT2D eigenvalue weighted by molar-refractivity contribution is 0.0347. The summed E-state index contributed by atoms with van der Waals surface area (Å²) in [5.74, 6) is 0. The molecule has 0 saturated carbocycles. The Morgan fingerprint density at radius 1 is 1.15 bits per heavy atom. The third-order valence-corrected chi connectivity index (χ3v) is 5.35. The van der Waals surface area contributed by atoms with Crippen molar-refractivity contribution in [3.8, 4) is 11.3 Å². The quantitative estimate of drug-likeness (QED) is 0.737. The number of rotatable bonds is 5. The summed E-state index contributed by atoms with van der Waals surface area (Å²) in [4.78, 5) is 12.7. The van der Waals surface area contributed by atoms with E-state index in [1.165, 1.54) is 10.4 Å². The van der Waals surface area contributed by atoms with Crippen LogP contribution < -0.4 is 5.32 Å². The van der Waals surface area contributed by atoms with Crippen LogP contribution in [-0.2, 0) is 11.3 Å². The SMILES string of the molecule is Cc1cccc(Nc2nc(-c3ccncc3)c(CN3CCOCC3)s2)c1. The van der Waals surface area contributed by atoms with Crippen molar-refractivity contribution in [3.05, 3.63) is 59.2 Å². The fraction of sp³-hybridized carbons (Fsp3) is 0.300. The molecule has 5 nitrogen and oxygen atoms in total. The van der Waals surface area contributed by atoms with Gasteiger partial charge < -0.3 is 10.1 Å². The van der Waals surface area contributed by atoms with Gasteiger partial charge in [-0.1, -0.05) is 23.5 Å². The third-order valence-electron chi connectivity index (χ3n) is 4.39. The van der Waals surface area contributed by atoms with Gasteiger partial charge in [-0.25, -0.2) is 4.98 Å². The van der Waals surface area contributed by atoms with Crippen molar-refractivity contribution < 1.29 is 4.74 Å². The second-order valence-corrected chi connectivity index (χ2v) is 7.49. The Labute approximate surface area is 157 Å². The number of ether oxygens (including phenoxy) is 1. The minimum Gasteiger partial charge on any atom is -0.379 e. The maximum absolute atomic E-state index is 5.47. The number of anilines is 2. The van der Waals surface area contributed by atoms with Gasteiger partial charge in [0.1, 0.15) is 0 Å². The van der Waals surface area contributed by atoms with Crippen molar-refractivity contribution in [3.63, 3.8) is 0 Å².